The minimum Gasteiger partial charge on any atom is -0.399 e. The number of nitrogen functional groups attached to an aromatic ring is 1. The number of hydrogen-bond donors (Lipinski definition) is 2. The maximum Gasteiger partial charge on any atom is 0.243 e. The lowest BCUT2D eigenvalue weighted by Crippen LogP contribution is -2.48. The molecule has 0 spiro atoms. The summed E-state index contributed by atoms with van der Waals surface area (Å²) < 4.78 is 40.9. The van der Waals surface area contributed by atoms with Gasteiger partial charge in [0.05, 0.1) is 0 Å². The van der Waals surface area contributed by atoms with E-state index in [1.165, 1.54) is 12.1 Å². The molecule has 20 heavy (non-hydrogen) atoms. The van der Waals surface area contributed by atoms with Crippen LogP contribution >= 0.6 is 0 Å². The van der Waals surface area contributed by atoms with Crippen LogP contribution in [-0.4, -0.2) is 39.5 Å². The first-order valence-corrected chi connectivity index (χ1v) is 8.04. The molecule has 0 aliphatic carbocycles. The van der Waals surface area contributed by atoms with Crippen LogP contribution in [0.4, 0.5) is 10.1 Å². The molecule has 1 saturated heterocycles. The van der Waals surface area contributed by atoms with Gasteiger partial charge in [-0.1, -0.05) is 6.92 Å². The first-order chi connectivity index (χ1) is 9.29. The van der Waals surface area contributed by atoms with E-state index < -0.39 is 15.8 Å². The van der Waals surface area contributed by atoms with E-state index in [1.54, 1.807) is 0 Å². The maximum atomic E-state index is 13.8. The molecule has 1 aliphatic rings. The Bertz CT molecular complexity index is 591. The number of sulfonamides is 1. The van der Waals surface area contributed by atoms with Crippen molar-refractivity contribution in [2.75, 3.05) is 25.9 Å². The molecule has 0 saturated carbocycles. The van der Waals surface area contributed by atoms with E-state index in [1.807, 2.05) is 14.0 Å². The Morgan fingerprint density at radius 3 is 2.75 bits per heavy atom. The van der Waals surface area contributed by atoms with Crippen LogP contribution < -0.4 is 10.5 Å². The Hall–Kier alpha value is -1.18. The third-order valence-electron chi connectivity index (χ3n) is 3.66. The summed E-state index contributed by atoms with van der Waals surface area (Å²) in [6.07, 6.45) is 0.716. The van der Waals surface area contributed by atoms with Crippen LogP contribution in [-0.2, 0) is 10.0 Å². The molecule has 0 radical (unpaired) electrons. The Kier molecular flexibility index (Phi) is 4.31. The molecule has 1 fully saturated rings. The molecule has 1 heterocycles. The van der Waals surface area contributed by atoms with Gasteiger partial charge >= 0.3 is 0 Å². The number of rotatable bonds is 3. The monoisotopic (exact) mass is 301 g/mol. The molecular formula is C13H20FN3O2S. The molecule has 1 aromatic rings. The second kappa shape index (κ2) is 5.67. The van der Waals surface area contributed by atoms with Gasteiger partial charge in [-0.3, -0.25) is 0 Å². The van der Waals surface area contributed by atoms with Crippen molar-refractivity contribution < 1.29 is 12.8 Å². The Balaban J connectivity index is 2.19. The number of nitrogens with zero attached hydrogens (tertiary/aromatic N) is 1. The molecule has 5 nitrogen and oxygen atoms in total. The minimum atomic E-state index is -3.86. The molecule has 2 unspecified atom stereocenters. The highest BCUT2D eigenvalue weighted by molar-refractivity contribution is 7.89. The summed E-state index contributed by atoms with van der Waals surface area (Å²) in [5, 5.41) is 0. The standard InChI is InChI=1S/C13H20FN3O2S/c1-9-8-17(2)6-5-12(9)16-20(18,19)13-4-3-10(15)7-11(13)14/h3-4,7,9,12,16H,5-6,8,15H2,1-2H3. The Labute approximate surface area is 119 Å². The molecule has 7 heteroatoms. The molecule has 2 atom stereocenters. The number of piperidine rings is 1. The van der Waals surface area contributed by atoms with Crippen molar-refractivity contribution in [3.8, 4) is 0 Å². The zero-order valence-electron chi connectivity index (χ0n) is 11.6. The lowest BCUT2D eigenvalue weighted by molar-refractivity contribution is 0.188. The summed E-state index contributed by atoms with van der Waals surface area (Å²) >= 11 is 0. The van der Waals surface area contributed by atoms with E-state index in [2.05, 4.69) is 9.62 Å². The number of nitrogens with two attached hydrogens (primary N) is 1. The fraction of sp³-hybridized carbons (Fsp3) is 0.538. The first kappa shape index (κ1) is 15.2. The van der Waals surface area contributed by atoms with Crippen molar-refractivity contribution in [3.63, 3.8) is 0 Å². The minimum absolute atomic E-state index is 0.173. The highest BCUT2D eigenvalue weighted by atomic mass is 32.2. The summed E-state index contributed by atoms with van der Waals surface area (Å²) in [5.41, 5.74) is 5.63. The Morgan fingerprint density at radius 1 is 1.45 bits per heavy atom. The molecule has 1 aliphatic heterocycles. The highest BCUT2D eigenvalue weighted by Gasteiger charge is 2.29. The van der Waals surface area contributed by atoms with Gasteiger partial charge in [-0.15, -0.1) is 0 Å². The normalized spacial score (nSPS) is 24.8. The van der Waals surface area contributed by atoms with E-state index in [0.29, 0.717) is 6.42 Å². The van der Waals surface area contributed by atoms with Crippen LogP contribution in [0, 0.1) is 11.7 Å². The van der Waals surface area contributed by atoms with Crippen LogP contribution in [0.15, 0.2) is 23.1 Å². The van der Waals surface area contributed by atoms with Crippen molar-refractivity contribution in [3.05, 3.63) is 24.0 Å². The molecular weight excluding hydrogens is 281 g/mol. The molecule has 0 aromatic heterocycles. The molecule has 1 aromatic carbocycles. The maximum absolute atomic E-state index is 13.8. The fourth-order valence-corrected chi connectivity index (χ4v) is 3.97. The number of nitrogens with one attached hydrogen (secondary N) is 1. The van der Waals surface area contributed by atoms with E-state index in [0.717, 1.165) is 19.2 Å². The second-order valence-electron chi connectivity index (χ2n) is 5.45. The van der Waals surface area contributed by atoms with Gasteiger partial charge in [0.2, 0.25) is 10.0 Å². The highest BCUT2D eigenvalue weighted by Crippen LogP contribution is 2.21. The first-order valence-electron chi connectivity index (χ1n) is 6.55. The van der Waals surface area contributed by atoms with Gasteiger partial charge in [-0.2, -0.15) is 0 Å². The van der Waals surface area contributed by atoms with Crippen LogP contribution in [0.25, 0.3) is 0 Å². The quantitative estimate of drug-likeness (QED) is 0.818. The molecule has 0 amide bonds. The topological polar surface area (TPSA) is 75.4 Å². The summed E-state index contributed by atoms with van der Waals surface area (Å²) in [6.45, 7) is 3.63. The van der Waals surface area contributed by atoms with Crippen molar-refractivity contribution in [1.29, 1.82) is 0 Å². The zero-order chi connectivity index (χ0) is 14.9. The van der Waals surface area contributed by atoms with Crippen molar-refractivity contribution in [2.24, 2.45) is 5.92 Å². The summed E-state index contributed by atoms with van der Waals surface area (Å²) in [5.74, 6) is -0.640. The van der Waals surface area contributed by atoms with Crippen LogP contribution in [0.2, 0.25) is 0 Å². The van der Waals surface area contributed by atoms with Gasteiger partial charge < -0.3 is 10.6 Å². The van der Waals surface area contributed by atoms with Gasteiger partial charge in [0.25, 0.3) is 0 Å². The lowest BCUT2D eigenvalue weighted by Gasteiger charge is -2.34. The van der Waals surface area contributed by atoms with Crippen molar-refractivity contribution >= 4 is 15.7 Å². The number of anilines is 1. The Morgan fingerprint density at radius 2 is 2.15 bits per heavy atom. The third kappa shape index (κ3) is 3.28. The van der Waals surface area contributed by atoms with Gasteiger partial charge in [-0.25, -0.2) is 17.5 Å². The molecule has 2 rings (SSSR count). The van der Waals surface area contributed by atoms with E-state index in [-0.39, 0.29) is 22.5 Å². The predicted octanol–water partition coefficient (Wildman–Crippen LogP) is 1.03. The van der Waals surface area contributed by atoms with Gasteiger partial charge in [0.1, 0.15) is 10.7 Å². The predicted molar refractivity (Wildman–Crippen MR) is 76.2 cm³/mol. The lowest BCUT2D eigenvalue weighted by atomic mass is 9.95. The van der Waals surface area contributed by atoms with Crippen molar-refractivity contribution in [2.45, 2.75) is 24.3 Å². The second-order valence-corrected chi connectivity index (χ2v) is 7.13. The fourth-order valence-electron chi connectivity index (χ4n) is 2.53. The third-order valence-corrected chi connectivity index (χ3v) is 5.18. The van der Waals surface area contributed by atoms with Crippen molar-refractivity contribution in [1.82, 2.24) is 9.62 Å². The van der Waals surface area contributed by atoms with Gasteiger partial charge in [0.15, 0.2) is 0 Å². The number of halogens is 1. The molecule has 3 N–H and O–H groups in total. The number of likely N-dealkylation sites (tertiary alicyclic amines) is 1. The zero-order valence-corrected chi connectivity index (χ0v) is 12.5. The van der Waals surface area contributed by atoms with Crippen LogP contribution in [0.1, 0.15) is 13.3 Å². The van der Waals surface area contributed by atoms with Gasteiger partial charge in [0, 0.05) is 18.3 Å². The largest absolute Gasteiger partial charge is 0.399 e. The average molecular weight is 301 g/mol. The SMILES string of the molecule is CC1CN(C)CCC1NS(=O)(=O)c1ccc(N)cc1F. The number of benzene rings is 1. The number of hydrogen-bond acceptors (Lipinski definition) is 4. The summed E-state index contributed by atoms with van der Waals surface area (Å²) in [6, 6.07) is 3.43. The summed E-state index contributed by atoms with van der Waals surface area (Å²) in [4.78, 5) is 1.80. The van der Waals surface area contributed by atoms with E-state index in [4.69, 9.17) is 5.73 Å². The average Bonchev–Trinajstić information content (AvgIpc) is 2.32. The van der Waals surface area contributed by atoms with Crippen LogP contribution in [0.3, 0.4) is 0 Å². The smallest absolute Gasteiger partial charge is 0.243 e. The summed E-state index contributed by atoms with van der Waals surface area (Å²) in [7, 11) is -1.86. The molecule has 112 valence electrons. The van der Waals surface area contributed by atoms with Gasteiger partial charge in [-0.05, 0) is 44.1 Å². The van der Waals surface area contributed by atoms with E-state index in [9.17, 15) is 12.8 Å². The van der Waals surface area contributed by atoms with Crippen LogP contribution in [0.5, 0.6) is 0 Å². The van der Waals surface area contributed by atoms with E-state index >= 15 is 0 Å². The molecule has 0 bridgehead atoms.